The molecule has 0 spiro atoms. The molecule has 0 aromatic carbocycles. The second-order valence-corrected chi connectivity index (χ2v) is 3.61. The van der Waals surface area contributed by atoms with Gasteiger partial charge in [-0.2, -0.15) is 5.10 Å². The number of hydrogen-bond donors (Lipinski definition) is 1. The fourth-order valence-electron chi connectivity index (χ4n) is 1.65. The van der Waals surface area contributed by atoms with E-state index >= 15 is 0 Å². The van der Waals surface area contributed by atoms with Gasteiger partial charge in [0.25, 0.3) is 0 Å². The molecule has 1 aromatic rings. The summed E-state index contributed by atoms with van der Waals surface area (Å²) in [6.07, 6.45) is 3.32. The van der Waals surface area contributed by atoms with E-state index in [-0.39, 0.29) is 0 Å². The predicted molar refractivity (Wildman–Crippen MR) is 48.4 cm³/mol. The molecule has 1 aromatic heterocycles. The summed E-state index contributed by atoms with van der Waals surface area (Å²) in [5.41, 5.74) is 0. The lowest BCUT2D eigenvalue weighted by Crippen LogP contribution is -2.02. The Bertz CT molecular complexity index is 266. The molecule has 0 saturated carbocycles. The number of hydrogen-bond acceptors (Lipinski definition) is 3. The summed E-state index contributed by atoms with van der Waals surface area (Å²) >= 11 is 0. The maximum absolute atomic E-state index is 5.30. The van der Waals surface area contributed by atoms with E-state index in [2.05, 4.69) is 15.2 Å². The number of rotatable bonds is 3. The first kappa shape index (κ1) is 8.69. The molecule has 1 fully saturated rings. The molecule has 4 nitrogen and oxygen atoms in total. The molecule has 1 aliphatic heterocycles. The number of nitrogens with one attached hydrogen (secondary N) is 1. The Hall–Kier alpha value is -0.900. The molecule has 0 bridgehead atoms. The number of aryl methyl sites for hydroxylation is 2. The van der Waals surface area contributed by atoms with Crippen LogP contribution >= 0.6 is 0 Å². The third-order valence-electron chi connectivity index (χ3n) is 2.44. The van der Waals surface area contributed by atoms with Gasteiger partial charge >= 0.3 is 0 Å². The van der Waals surface area contributed by atoms with Crippen molar-refractivity contribution in [3.8, 4) is 0 Å². The van der Waals surface area contributed by atoms with Gasteiger partial charge in [0.1, 0.15) is 5.82 Å². The summed E-state index contributed by atoms with van der Waals surface area (Å²) in [6, 6.07) is 0. The Kier molecular flexibility index (Phi) is 2.59. The van der Waals surface area contributed by atoms with Gasteiger partial charge in [0.15, 0.2) is 5.82 Å². The van der Waals surface area contributed by atoms with Crippen LogP contribution in [0.5, 0.6) is 0 Å². The van der Waals surface area contributed by atoms with Crippen molar-refractivity contribution in [2.24, 2.45) is 5.92 Å². The molecular formula is C9H15N3O. The Morgan fingerprint density at radius 3 is 3.15 bits per heavy atom. The molecule has 1 unspecified atom stereocenters. The highest BCUT2D eigenvalue weighted by molar-refractivity contribution is 4.88. The van der Waals surface area contributed by atoms with Crippen LogP contribution in [0.15, 0.2) is 0 Å². The Morgan fingerprint density at radius 1 is 1.62 bits per heavy atom. The van der Waals surface area contributed by atoms with Crippen LogP contribution in [0.25, 0.3) is 0 Å². The van der Waals surface area contributed by atoms with Crippen LogP contribution in [0.1, 0.15) is 24.5 Å². The number of aromatic amines is 1. The van der Waals surface area contributed by atoms with Crippen LogP contribution in [0.2, 0.25) is 0 Å². The number of aromatic nitrogens is 3. The normalized spacial score (nSPS) is 22.4. The lowest BCUT2D eigenvalue weighted by Gasteiger charge is -2.03. The minimum atomic E-state index is 0.721. The van der Waals surface area contributed by atoms with E-state index in [0.29, 0.717) is 0 Å². The lowest BCUT2D eigenvalue weighted by molar-refractivity contribution is 0.184. The van der Waals surface area contributed by atoms with Crippen molar-refractivity contribution in [2.45, 2.75) is 26.2 Å². The monoisotopic (exact) mass is 181 g/mol. The standard InChI is InChI=1S/C9H15N3O/c1-7-10-9(12-11-7)3-2-8-4-5-13-6-8/h8H,2-6H2,1H3,(H,10,11,12). The summed E-state index contributed by atoms with van der Waals surface area (Å²) < 4.78 is 5.30. The number of ether oxygens (including phenoxy) is 1. The van der Waals surface area contributed by atoms with E-state index < -0.39 is 0 Å². The van der Waals surface area contributed by atoms with Gasteiger partial charge in [0, 0.05) is 19.6 Å². The maximum atomic E-state index is 5.30. The Labute approximate surface area is 77.7 Å². The molecule has 0 aliphatic carbocycles. The molecule has 1 atom stereocenters. The smallest absolute Gasteiger partial charge is 0.150 e. The number of H-pyrrole nitrogens is 1. The molecule has 1 N–H and O–H groups in total. The summed E-state index contributed by atoms with van der Waals surface area (Å²) in [7, 11) is 0. The van der Waals surface area contributed by atoms with Gasteiger partial charge in [0.2, 0.25) is 0 Å². The van der Waals surface area contributed by atoms with Gasteiger partial charge in [-0.3, -0.25) is 5.10 Å². The third kappa shape index (κ3) is 2.28. The second-order valence-electron chi connectivity index (χ2n) is 3.61. The Balaban J connectivity index is 1.78. The van der Waals surface area contributed by atoms with Crippen LogP contribution in [-0.4, -0.2) is 28.4 Å². The summed E-state index contributed by atoms with van der Waals surface area (Å²) in [5.74, 6) is 2.56. The first-order valence-corrected chi connectivity index (χ1v) is 4.80. The lowest BCUT2D eigenvalue weighted by atomic mass is 10.0. The third-order valence-corrected chi connectivity index (χ3v) is 2.44. The van der Waals surface area contributed by atoms with Crippen molar-refractivity contribution >= 4 is 0 Å². The molecule has 72 valence electrons. The average molecular weight is 181 g/mol. The van der Waals surface area contributed by atoms with Crippen LogP contribution in [0.4, 0.5) is 0 Å². The van der Waals surface area contributed by atoms with Gasteiger partial charge in [-0.15, -0.1) is 0 Å². The van der Waals surface area contributed by atoms with Crippen molar-refractivity contribution in [3.05, 3.63) is 11.6 Å². The van der Waals surface area contributed by atoms with Crippen LogP contribution in [-0.2, 0) is 11.2 Å². The molecule has 1 aliphatic rings. The van der Waals surface area contributed by atoms with E-state index in [9.17, 15) is 0 Å². The zero-order valence-corrected chi connectivity index (χ0v) is 7.92. The van der Waals surface area contributed by atoms with Gasteiger partial charge in [0.05, 0.1) is 0 Å². The zero-order chi connectivity index (χ0) is 9.10. The molecule has 0 radical (unpaired) electrons. The van der Waals surface area contributed by atoms with Crippen molar-refractivity contribution in [1.82, 2.24) is 15.2 Å². The van der Waals surface area contributed by atoms with Crippen molar-refractivity contribution < 1.29 is 4.74 Å². The zero-order valence-electron chi connectivity index (χ0n) is 7.92. The van der Waals surface area contributed by atoms with Gasteiger partial charge in [-0.1, -0.05) is 0 Å². The molecule has 1 saturated heterocycles. The molecule has 0 amide bonds. The minimum absolute atomic E-state index is 0.721. The SMILES string of the molecule is Cc1nc(CCC2CCOC2)n[nH]1. The predicted octanol–water partition coefficient (Wildman–Crippen LogP) is 1.08. The highest BCUT2D eigenvalue weighted by Gasteiger charge is 2.15. The van der Waals surface area contributed by atoms with E-state index in [1.165, 1.54) is 6.42 Å². The van der Waals surface area contributed by atoms with Crippen molar-refractivity contribution in [3.63, 3.8) is 0 Å². The minimum Gasteiger partial charge on any atom is -0.381 e. The average Bonchev–Trinajstić information content (AvgIpc) is 2.71. The van der Waals surface area contributed by atoms with E-state index in [0.717, 1.165) is 43.6 Å². The molecule has 13 heavy (non-hydrogen) atoms. The highest BCUT2D eigenvalue weighted by Crippen LogP contribution is 2.17. The van der Waals surface area contributed by atoms with E-state index in [4.69, 9.17) is 4.74 Å². The largest absolute Gasteiger partial charge is 0.381 e. The quantitative estimate of drug-likeness (QED) is 0.759. The maximum Gasteiger partial charge on any atom is 0.150 e. The van der Waals surface area contributed by atoms with Crippen LogP contribution in [0, 0.1) is 12.8 Å². The summed E-state index contributed by atoms with van der Waals surface area (Å²) in [6.45, 7) is 3.77. The molecular weight excluding hydrogens is 166 g/mol. The van der Waals surface area contributed by atoms with E-state index in [1.54, 1.807) is 0 Å². The van der Waals surface area contributed by atoms with Crippen molar-refractivity contribution in [1.29, 1.82) is 0 Å². The number of nitrogens with zero attached hydrogens (tertiary/aromatic N) is 2. The first-order valence-electron chi connectivity index (χ1n) is 4.80. The Morgan fingerprint density at radius 2 is 2.54 bits per heavy atom. The second kappa shape index (κ2) is 3.87. The van der Waals surface area contributed by atoms with Gasteiger partial charge < -0.3 is 4.74 Å². The van der Waals surface area contributed by atoms with Crippen LogP contribution in [0.3, 0.4) is 0 Å². The summed E-state index contributed by atoms with van der Waals surface area (Å²) in [5, 5.41) is 6.95. The molecule has 4 heteroatoms. The molecule has 2 rings (SSSR count). The molecule has 2 heterocycles. The van der Waals surface area contributed by atoms with Crippen LogP contribution < -0.4 is 0 Å². The van der Waals surface area contributed by atoms with Gasteiger partial charge in [-0.05, 0) is 25.7 Å². The fourth-order valence-corrected chi connectivity index (χ4v) is 1.65. The van der Waals surface area contributed by atoms with Crippen molar-refractivity contribution in [2.75, 3.05) is 13.2 Å². The first-order chi connectivity index (χ1) is 6.34. The van der Waals surface area contributed by atoms with Gasteiger partial charge in [-0.25, -0.2) is 4.98 Å². The highest BCUT2D eigenvalue weighted by atomic mass is 16.5. The topological polar surface area (TPSA) is 50.8 Å². The fraction of sp³-hybridized carbons (Fsp3) is 0.778. The summed E-state index contributed by atoms with van der Waals surface area (Å²) in [4.78, 5) is 4.26. The van der Waals surface area contributed by atoms with E-state index in [1.807, 2.05) is 6.92 Å².